The van der Waals surface area contributed by atoms with Crippen LogP contribution in [0.3, 0.4) is 0 Å². The first-order chi connectivity index (χ1) is 8.30. The molecule has 0 aliphatic heterocycles. The van der Waals surface area contributed by atoms with Gasteiger partial charge in [0.2, 0.25) is 0 Å². The van der Waals surface area contributed by atoms with Crippen molar-refractivity contribution in [3.05, 3.63) is 35.4 Å². The van der Waals surface area contributed by atoms with Crippen molar-refractivity contribution in [3.63, 3.8) is 0 Å². The predicted octanol–water partition coefficient (Wildman–Crippen LogP) is 2.60. The molecule has 0 fully saturated rings. The van der Waals surface area contributed by atoms with Crippen LogP contribution in [0.5, 0.6) is 11.5 Å². The topological polar surface area (TPSA) is 44.5 Å². The molecule has 0 saturated heterocycles. The van der Waals surface area contributed by atoms with E-state index in [1.165, 1.54) is 5.56 Å². The molecule has 1 aromatic rings. The molecule has 0 amide bonds. The van der Waals surface area contributed by atoms with Crippen LogP contribution in [0.4, 0.5) is 0 Å². The van der Waals surface area contributed by atoms with Crippen molar-refractivity contribution >= 4 is 0 Å². The molecule has 0 radical (unpaired) electrons. The fraction of sp³-hybridized carbons (Fsp3) is 0.429. The van der Waals surface area contributed by atoms with Crippen LogP contribution in [0.15, 0.2) is 24.3 Å². The highest BCUT2D eigenvalue weighted by Gasteiger charge is 2.17. The van der Waals surface area contributed by atoms with Crippen LogP contribution >= 0.6 is 0 Å². The molecule has 1 atom stereocenters. The van der Waals surface area contributed by atoms with Crippen LogP contribution in [0.2, 0.25) is 0 Å². The molecule has 0 spiro atoms. The minimum absolute atomic E-state index is 0.424. The number of allylic oxidation sites excluding steroid dienone is 2. The summed E-state index contributed by atoms with van der Waals surface area (Å²) in [7, 11) is 3.34. The smallest absolute Gasteiger partial charge is 0.127 e. The summed E-state index contributed by atoms with van der Waals surface area (Å²) < 4.78 is 10.8. The van der Waals surface area contributed by atoms with Crippen LogP contribution < -0.4 is 15.2 Å². The van der Waals surface area contributed by atoms with Gasteiger partial charge in [0, 0.05) is 18.0 Å². The second kappa shape index (κ2) is 5.23. The van der Waals surface area contributed by atoms with E-state index in [0.29, 0.717) is 12.5 Å². The molecule has 0 bridgehead atoms. The maximum Gasteiger partial charge on any atom is 0.127 e. The second-order valence-electron chi connectivity index (χ2n) is 4.22. The van der Waals surface area contributed by atoms with Crippen molar-refractivity contribution < 1.29 is 9.47 Å². The molecule has 0 heterocycles. The molecule has 3 heteroatoms. The highest BCUT2D eigenvalue weighted by Crippen LogP contribution is 2.36. The average Bonchev–Trinajstić information content (AvgIpc) is 2.90. The van der Waals surface area contributed by atoms with Gasteiger partial charge in [-0.25, -0.2) is 0 Å². The Hall–Kier alpha value is -1.48. The first kappa shape index (κ1) is 12.0. The van der Waals surface area contributed by atoms with Gasteiger partial charge in [0.25, 0.3) is 0 Å². The molecule has 1 aliphatic rings. The number of rotatable bonds is 4. The van der Waals surface area contributed by atoms with Gasteiger partial charge in [-0.2, -0.15) is 0 Å². The van der Waals surface area contributed by atoms with E-state index >= 15 is 0 Å². The number of benzene rings is 1. The van der Waals surface area contributed by atoms with Crippen molar-refractivity contribution in [3.8, 4) is 11.5 Å². The number of hydrogen-bond acceptors (Lipinski definition) is 3. The van der Waals surface area contributed by atoms with Crippen LogP contribution in [0.25, 0.3) is 0 Å². The summed E-state index contributed by atoms with van der Waals surface area (Å²) in [6, 6.07) is 4.15. The van der Waals surface area contributed by atoms with Gasteiger partial charge in [-0.15, -0.1) is 0 Å². The number of hydrogen-bond donors (Lipinski definition) is 1. The van der Waals surface area contributed by atoms with Gasteiger partial charge in [-0.05, 0) is 30.5 Å². The average molecular weight is 233 g/mol. The lowest BCUT2D eigenvalue weighted by Crippen LogP contribution is -2.05. The third-order valence-corrected chi connectivity index (χ3v) is 3.28. The minimum Gasteiger partial charge on any atom is -0.496 e. The molecule has 0 unspecified atom stereocenters. The number of ether oxygens (including phenoxy) is 2. The summed E-state index contributed by atoms with van der Waals surface area (Å²) in [5.41, 5.74) is 7.90. The Morgan fingerprint density at radius 2 is 1.88 bits per heavy atom. The number of methoxy groups -OCH3 is 2. The molecule has 2 N–H and O–H groups in total. The maximum atomic E-state index is 5.73. The van der Waals surface area contributed by atoms with Gasteiger partial charge >= 0.3 is 0 Å². The summed E-state index contributed by atoms with van der Waals surface area (Å²) >= 11 is 0. The Labute approximate surface area is 102 Å². The number of nitrogens with two attached hydrogens (primary N) is 1. The molecule has 3 nitrogen and oxygen atoms in total. The van der Waals surface area contributed by atoms with Crippen molar-refractivity contribution in [2.24, 2.45) is 5.73 Å². The molecule has 0 saturated carbocycles. The van der Waals surface area contributed by atoms with Crippen molar-refractivity contribution in [1.82, 2.24) is 0 Å². The maximum absolute atomic E-state index is 5.73. The van der Waals surface area contributed by atoms with E-state index in [-0.39, 0.29) is 0 Å². The molecule has 1 aliphatic carbocycles. The van der Waals surface area contributed by atoms with Crippen LogP contribution in [0.1, 0.15) is 29.9 Å². The van der Waals surface area contributed by atoms with Crippen LogP contribution in [-0.2, 0) is 6.54 Å². The van der Waals surface area contributed by atoms with Gasteiger partial charge in [0.1, 0.15) is 11.5 Å². The van der Waals surface area contributed by atoms with E-state index in [1.807, 2.05) is 0 Å². The lowest BCUT2D eigenvalue weighted by atomic mass is 9.96. The highest BCUT2D eigenvalue weighted by molar-refractivity contribution is 5.50. The Balaban J connectivity index is 2.44. The van der Waals surface area contributed by atoms with Crippen LogP contribution in [0, 0.1) is 0 Å². The summed E-state index contributed by atoms with van der Waals surface area (Å²) in [6.07, 6.45) is 6.78. The van der Waals surface area contributed by atoms with Gasteiger partial charge in [-0.3, -0.25) is 0 Å². The van der Waals surface area contributed by atoms with Crippen molar-refractivity contribution in [2.45, 2.75) is 25.3 Å². The molecule has 1 aromatic carbocycles. The molecule has 17 heavy (non-hydrogen) atoms. The monoisotopic (exact) mass is 233 g/mol. The van der Waals surface area contributed by atoms with Gasteiger partial charge in [0.05, 0.1) is 14.2 Å². The van der Waals surface area contributed by atoms with E-state index in [0.717, 1.165) is 29.9 Å². The van der Waals surface area contributed by atoms with E-state index in [9.17, 15) is 0 Å². The summed E-state index contributed by atoms with van der Waals surface area (Å²) in [5, 5.41) is 0. The van der Waals surface area contributed by atoms with E-state index in [1.54, 1.807) is 14.2 Å². The Bertz CT molecular complexity index is 401. The van der Waals surface area contributed by atoms with Crippen molar-refractivity contribution in [2.75, 3.05) is 14.2 Å². The fourth-order valence-corrected chi connectivity index (χ4v) is 2.33. The summed E-state index contributed by atoms with van der Waals surface area (Å²) in [6.45, 7) is 0.424. The Kier molecular flexibility index (Phi) is 3.69. The van der Waals surface area contributed by atoms with Gasteiger partial charge in [0.15, 0.2) is 0 Å². The molecular weight excluding hydrogens is 214 g/mol. The normalized spacial score (nSPS) is 18.4. The quantitative estimate of drug-likeness (QED) is 0.813. The molecule has 2 rings (SSSR count). The zero-order valence-electron chi connectivity index (χ0n) is 10.4. The fourth-order valence-electron chi connectivity index (χ4n) is 2.33. The third-order valence-electron chi connectivity index (χ3n) is 3.28. The molecule has 0 aromatic heterocycles. The minimum atomic E-state index is 0.424. The highest BCUT2D eigenvalue weighted by atomic mass is 16.5. The summed E-state index contributed by atoms with van der Waals surface area (Å²) in [5.74, 6) is 2.12. The lowest BCUT2D eigenvalue weighted by molar-refractivity contribution is 0.384. The zero-order valence-corrected chi connectivity index (χ0v) is 10.4. The van der Waals surface area contributed by atoms with Gasteiger partial charge in [-0.1, -0.05) is 12.2 Å². The summed E-state index contributed by atoms with van der Waals surface area (Å²) in [4.78, 5) is 0. The SMILES string of the molecule is COc1cc([C@H]2C=CCC2)cc(OC)c1CN. The van der Waals surface area contributed by atoms with Crippen LogP contribution in [-0.4, -0.2) is 14.2 Å². The molecule has 92 valence electrons. The van der Waals surface area contributed by atoms with E-state index in [4.69, 9.17) is 15.2 Å². The Morgan fingerprint density at radius 1 is 1.24 bits per heavy atom. The largest absolute Gasteiger partial charge is 0.496 e. The van der Waals surface area contributed by atoms with E-state index < -0.39 is 0 Å². The second-order valence-corrected chi connectivity index (χ2v) is 4.22. The van der Waals surface area contributed by atoms with Gasteiger partial charge < -0.3 is 15.2 Å². The lowest BCUT2D eigenvalue weighted by Gasteiger charge is -2.16. The first-order valence-corrected chi connectivity index (χ1v) is 5.91. The molecular formula is C14H19NO2. The predicted molar refractivity (Wildman–Crippen MR) is 68.6 cm³/mol. The first-order valence-electron chi connectivity index (χ1n) is 5.91. The standard InChI is InChI=1S/C14H19NO2/c1-16-13-7-11(10-5-3-4-6-10)8-14(17-2)12(13)9-15/h3,5,7-8,10H,4,6,9,15H2,1-2H3/t10-/m0/s1. The third kappa shape index (κ3) is 2.29. The van der Waals surface area contributed by atoms with Crippen molar-refractivity contribution in [1.29, 1.82) is 0 Å². The zero-order chi connectivity index (χ0) is 12.3. The van der Waals surface area contributed by atoms with E-state index in [2.05, 4.69) is 24.3 Å². The Morgan fingerprint density at radius 3 is 2.29 bits per heavy atom.